The van der Waals surface area contributed by atoms with Crippen LogP contribution >= 0.6 is 0 Å². The van der Waals surface area contributed by atoms with Gasteiger partial charge in [0.15, 0.2) is 0 Å². The number of aromatic nitrogens is 2. The fraction of sp³-hybridized carbons (Fsp3) is 0.500. The Labute approximate surface area is 80.9 Å². The molecule has 0 radical (unpaired) electrons. The van der Waals surface area contributed by atoms with Crippen molar-refractivity contribution in [3.05, 3.63) is 11.4 Å². The Hall–Kier alpha value is -1.52. The molecule has 1 aromatic rings. The lowest BCUT2D eigenvalue weighted by atomic mass is 10.2. The zero-order chi connectivity index (χ0) is 12.5. The summed E-state index contributed by atoms with van der Waals surface area (Å²) in [7, 11) is 0. The van der Waals surface area contributed by atoms with Crippen molar-refractivity contribution in [2.75, 3.05) is 5.73 Å². The molecule has 0 saturated heterocycles. The molecule has 0 aliphatic heterocycles. The molecule has 0 spiro atoms. The number of carbonyl (C=O) groups is 1. The van der Waals surface area contributed by atoms with E-state index in [4.69, 9.17) is 15.6 Å². The number of anilines is 1. The smallest absolute Gasteiger partial charge is 0.269 e. The van der Waals surface area contributed by atoms with Crippen LogP contribution in [0.2, 0.25) is 0 Å². The molecule has 0 saturated carbocycles. The maximum atomic E-state index is 11.1. The number of aryl methyl sites for hydroxylation is 2. The van der Waals surface area contributed by atoms with Crippen molar-refractivity contribution >= 4 is 11.6 Å². The van der Waals surface area contributed by atoms with Crippen molar-refractivity contribution < 1.29 is 8.91 Å². The highest BCUT2D eigenvalue weighted by atomic mass is 16.1. The molecule has 1 aromatic heterocycles. The summed E-state index contributed by atoms with van der Waals surface area (Å²) in [5.74, 6) is -0.886. The van der Waals surface area contributed by atoms with Gasteiger partial charge in [0.2, 0.25) is 0 Å². The Kier molecular flexibility index (Phi) is 1.60. The minimum Gasteiger partial charge on any atom is -0.395 e. The van der Waals surface area contributed by atoms with Gasteiger partial charge in [0.25, 0.3) is 5.91 Å². The number of primary amides is 1. The molecular formula is C8H14N4O. The second-order valence-electron chi connectivity index (χ2n) is 2.74. The number of rotatable bonds is 3. The number of nitrogens with two attached hydrogens (primary N) is 2. The fourth-order valence-electron chi connectivity index (χ4n) is 1.13. The van der Waals surface area contributed by atoms with E-state index in [1.807, 2.05) is 6.92 Å². The third-order valence-corrected chi connectivity index (χ3v) is 1.72. The molecule has 0 aliphatic carbocycles. The van der Waals surface area contributed by atoms with Crippen LogP contribution in [0.4, 0.5) is 5.69 Å². The molecule has 0 unspecified atom stereocenters. The van der Waals surface area contributed by atoms with Crippen LogP contribution in [0.25, 0.3) is 0 Å². The molecule has 72 valence electrons. The van der Waals surface area contributed by atoms with Gasteiger partial charge < -0.3 is 11.5 Å². The average Bonchev–Trinajstić information content (AvgIpc) is 2.44. The van der Waals surface area contributed by atoms with Crippen molar-refractivity contribution in [1.29, 1.82) is 0 Å². The van der Waals surface area contributed by atoms with Crippen LogP contribution in [0.1, 0.15) is 33.6 Å². The largest absolute Gasteiger partial charge is 0.395 e. The minimum absolute atomic E-state index is 0.0606. The van der Waals surface area contributed by atoms with Gasteiger partial charge in [-0.05, 0) is 6.42 Å². The molecule has 5 nitrogen and oxygen atoms in total. The van der Waals surface area contributed by atoms with Crippen molar-refractivity contribution in [3.63, 3.8) is 0 Å². The molecule has 0 atom stereocenters. The maximum Gasteiger partial charge on any atom is 0.269 e. The Morgan fingerprint density at radius 3 is 2.85 bits per heavy atom. The van der Waals surface area contributed by atoms with Gasteiger partial charge in [0.05, 0.1) is 11.4 Å². The maximum absolute atomic E-state index is 11.1. The van der Waals surface area contributed by atoms with Gasteiger partial charge in [-0.25, -0.2) is 0 Å². The predicted octanol–water partition coefficient (Wildman–Crippen LogP) is 0.0537. The molecule has 0 fully saturated rings. The number of nitrogens with zero attached hydrogens (tertiary/aromatic N) is 2. The van der Waals surface area contributed by atoms with Crippen molar-refractivity contribution in [2.45, 2.75) is 19.8 Å². The highest BCUT2D eigenvalue weighted by molar-refractivity contribution is 5.96. The number of amides is 1. The Balaban J connectivity index is 3.37. The monoisotopic (exact) mass is 185 g/mol. The molecule has 4 N–H and O–H groups in total. The molecule has 13 heavy (non-hydrogen) atoms. The molecule has 5 heteroatoms. The van der Waals surface area contributed by atoms with Crippen LogP contribution < -0.4 is 11.5 Å². The normalized spacial score (nSPS) is 14.7. The number of hydrogen-bond acceptors (Lipinski definition) is 3. The highest BCUT2D eigenvalue weighted by Gasteiger charge is 2.16. The van der Waals surface area contributed by atoms with Gasteiger partial charge in [0, 0.05) is 11.1 Å². The lowest BCUT2D eigenvalue weighted by molar-refractivity contribution is 0.0992. The SMILES string of the molecule is [2H]C([2H])([2H])n1nc(CCC)c(N)c1C(N)=O. The Morgan fingerprint density at radius 1 is 1.77 bits per heavy atom. The van der Waals surface area contributed by atoms with Crippen LogP contribution in [-0.2, 0) is 13.4 Å². The van der Waals surface area contributed by atoms with Crippen LogP contribution in [0, 0.1) is 0 Å². The van der Waals surface area contributed by atoms with E-state index in [1.54, 1.807) is 0 Å². The molecule has 1 heterocycles. The lowest BCUT2D eigenvalue weighted by Crippen LogP contribution is -2.17. The van der Waals surface area contributed by atoms with Gasteiger partial charge >= 0.3 is 0 Å². The first-order valence-corrected chi connectivity index (χ1v) is 3.96. The molecule has 0 aromatic carbocycles. The summed E-state index contributed by atoms with van der Waals surface area (Å²) in [6.45, 7) is -0.651. The van der Waals surface area contributed by atoms with Crippen molar-refractivity contribution in [3.8, 4) is 0 Å². The molecular weight excluding hydrogens is 168 g/mol. The second kappa shape index (κ2) is 3.47. The van der Waals surface area contributed by atoms with E-state index in [0.717, 1.165) is 6.42 Å². The van der Waals surface area contributed by atoms with E-state index < -0.39 is 12.9 Å². The van der Waals surface area contributed by atoms with Crippen LogP contribution in [0.5, 0.6) is 0 Å². The Bertz CT molecular complexity index is 410. The number of nitrogen functional groups attached to an aromatic ring is 1. The first-order valence-electron chi connectivity index (χ1n) is 5.46. The summed E-state index contributed by atoms with van der Waals surface area (Å²) in [4.78, 5) is 11.1. The van der Waals surface area contributed by atoms with E-state index in [1.165, 1.54) is 0 Å². The zero-order valence-electron chi connectivity index (χ0n) is 10.4. The Morgan fingerprint density at radius 2 is 2.46 bits per heavy atom. The van der Waals surface area contributed by atoms with E-state index in [0.29, 0.717) is 16.8 Å². The quantitative estimate of drug-likeness (QED) is 0.697. The van der Waals surface area contributed by atoms with Gasteiger partial charge in [-0.1, -0.05) is 13.3 Å². The number of carbonyl (C=O) groups excluding carboxylic acids is 1. The minimum atomic E-state index is -2.55. The summed E-state index contributed by atoms with van der Waals surface area (Å²) < 4.78 is 22.3. The molecule has 0 bridgehead atoms. The van der Waals surface area contributed by atoms with E-state index in [2.05, 4.69) is 5.10 Å². The third kappa shape index (κ3) is 1.63. The summed E-state index contributed by atoms with van der Waals surface area (Å²) in [6.07, 6.45) is 1.26. The molecule has 1 rings (SSSR count). The van der Waals surface area contributed by atoms with Gasteiger partial charge in [-0.15, -0.1) is 0 Å². The van der Waals surface area contributed by atoms with Crippen LogP contribution in [0.15, 0.2) is 0 Å². The lowest BCUT2D eigenvalue weighted by Gasteiger charge is -1.96. The van der Waals surface area contributed by atoms with E-state index >= 15 is 0 Å². The summed E-state index contributed by atoms with van der Waals surface area (Å²) in [5.41, 5.74) is 11.0. The predicted molar refractivity (Wildman–Crippen MR) is 50.1 cm³/mol. The molecule has 0 aliphatic rings. The topological polar surface area (TPSA) is 86.9 Å². The van der Waals surface area contributed by atoms with Crippen molar-refractivity contribution in [1.82, 2.24) is 9.78 Å². The summed E-state index contributed by atoms with van der Waals surface area (Å²) in [5, 5.41) is 3.82. The highest BCUT2D eigenvalue weighted by Crippen LogP contribution is 2.16. The van der Waals surface area contributed by atoms with Crippen LogP contribution in [-0.4, -0.2) is 15.7 Å². The van der Waals surface area contributed by atoms with E-state index in [9.17, 15) is 4.79 Å². The second-order valence-corrected chi connectivity index (χ2v) is 2.74. The summed E-state index contributed by atoms with van der Waals surface area (Å²) in [6, 6.07) is 0. The first-order chi connectivity index (χ1) is 7.29. The zero-order valence-corrected chi connectivity index (χ0v) is 7.37. The van der Waals surface area contributed by atoms with Crippen LogP contribution in [0.3, 0.4) is 0 Å². The van der Waals surface area contributed by atoms with E-state index in [-0.39, 0.29) is 11.4 Å². The first kappa shape index (κ1) is 6.01. The van der Waals surface area contributed by atoms with Gasteiger partial charge in [-0.3, -0.25) is 9.48 Å². The van der Waals surface area contributed by atoms with Gasteiger partial charge in [-0.2, -0.15) is 5.10 Å². The average molecular weight is 185 g/mol. The molecule has 1 amide bonds. The summed E-state index contributed by atoms with van der Waals surface area (Å²) >= 11 is 0. The third-order valence-electron chi connectivity index (χ3n) is 1.72. The van der Waals surface area contributed by atoms with Crippen molar-refractivity contribution in [2.24, 2.45) is 12.7 Å². The fourth-order valence-corrected chi connectivity index (χ4v) is 1.13. The van der Waals surface area contributed by atoms with Gasteiger partial charge in [0.1, 0.15) is 5.69 Å². The number of hydrogen-bond donors (Lipinski definition) is 2. The standard InChI is InChI=1S/C8H14N4O/c1-3-4-5-6(9)7(8(10)13)12(2)11-5/h3-4,9H2,1-2H3,(H2,10,13)/i2D3.